The number of carbonyl (C=O) groups excluding carboxylic acids is 1. The van der Waals surface area contributed by atoms with Gasteiger partial charge in [0, 0.05) is 24.8 Å². The lowest BCUT2D eigenvalue weighted by Gasteiger charge is -2.18. The van der Waals surface area contributed by atoms with Crippen LogP contribution in [0.25, 0.3) is 0 Å². The molecular formula is C15H23N3O3. The zero-order chi connectivity index (χ0) is 16.0. The van der Waals surface area contributed by atoms with Crippen molar-refractivity contribution in [2.45, 2.75) is 34.1 Å². The maximum absolute atomic E-state index is 12.2. The molecule has 0 aliphatic rings. The van der Waals surface area contributed by atoms with Gasteiger partial charge < -0.3 is 10.6 Å². The first-order valence-corrected chi connectivity index (χ1v) is 7.05. The van der Waals surface area contributed by atoms with E-state index in [1.807, 2.05) is 27.7 Å². The second-order valence-corrected chi connectivity index (χ2v) is 6.16. The molecule has 6 heteroatoms. The highest BCUT2D eigenvalue weighted by Crippen LogP contribution is 2.23. The molecule has 6 nitrogen and oxygen atoms in total. The van der Waals surface area contributed by atoms with Gasteiger partial charge in [0.05, 0.1) is 4.92 Å². The quantitative estimate of drug-likeness (QED) is 0.623. The van der Waals surface area contributed by atoms with Gasteiger partial charge in [-0.05, 0) is 24.0 Å². The molecule has 0 fully saturated rings. The van der Waals surface area contributed by atoms with E-state index in [0.29, 0.717) is 12.2 Å². The Labute approximate surface area is 125 Å². The first-order valence-electron chi connectivity index (χ1n) is 7.05. The molecule has 0 aliphatic heterocycles. The van der Waals surface area contributed by atoms with Crippen molar-refractivity contribution in [2.75, 3.05) is 18.4 Å². The molecule has 0 saturated heterocycles. The highest BCUT2D eigenvalue weighted by atomic mass is 16.6. The van der Waals surface area contributed by atoms with Gasteiger partial charge in [-0.3, -0.25) is 14.9 Å². The first kappa shape index (κ1) is 16.9. The predicted molar refractivity (Wildman–Crippen MR) is 83.7 cm³/mol. The van der Waals surface area contributed by atoms with Gasteiger partial charge in [-0.1, -0.05) is 27.7 Å². The number of nitro groups is 1. The van der Waals surface area contributed by atoms with Gasteiger partial charge in [-0.2, -0.15) is 0 Å². The first-order chi connectivity index (χ1) is 9.74. The molecule has 0 unspecified atom stereocenters. The van der Waals surface area contributed by atoms with E-state index in [1.54, 1.807) is 6.07 Å². The lowest BCUT2D eigenvalue weighted by molar-refractivity contribution is -0.385. The van der Waals surface area contributed by atoms with Crippen LogP contribution in [0.1, 0.15) is 44.5 Å². The zero-order valence-electron chi connectivity index (χ0n) is 13.0. The van der Waals surface area contributed by atoms with Gasteiger partial charge in [0.15, 0.2) is 0 Å². The Morgan fingerprint density at radius 2 is 2.00 bits per heavy atom. The maximum atomic E-state index is 12.2. The summed E-state index contributed by atoms with van der Waals surface area (Å²) in [7, 11) is 0. The third-order valence-electron chi connectivity index (χ3n) is 2.80. The van der Waals surface area contributed by atoms with E-state index in [4.69, 9.17) is 0 Å². The fourth-order valence-corrected chi connectivity index (χ4v) is 1.70. The van der Waals surface area contributed by atoms with E-state index in [1.165, 1.54) is 12.1 Å². The molecule has 21 heavy (non-hydrogen) atoms. The van der Waals surface area contributed by atoms with Crippen molar-refractivity contribution in [1.29, 1.82) is 0 Å². The molecule has 1 rings (SSSR count). The lowest BCUT2D eigenvalue weighted by atomic mass is 9.97. The number of hydrogen-bond donors (Lipinski definition) is 2. The normalized spacial score (nSPS) is 11.0. The molecule has 0 saturated carbocycles. The monoisotopic (exact) mass is 293 g/mol. The minimum Gasteiger partial charge on any atom is -0.385 e. The molecule has 116 valence electrons. The highest BCUT2D eigenvalue weighted by Gasteiger charge is 2.22. The summed E-state index contributed by atoms with van der Waals surface area (Å²) in [5.74, 6) is -0.420. The summed E-state index contributed by atoms with van der Waals surface area (Å²) < 4.78 is 0. The van der Waals surface area contributed by atoms with Crippen LogP contribution < -0.4 is 10.6 Å². The summed E-state index contributed by atoms with van der Waals surface area (Å²) in [4.78, 5) is 22.7. The van der Waals surface area contributed by atoms with Crippen molar-refractivity contribution in [2.24, 2.45) is 5.41 Å². The largest absolute Gasteiger partial charge is 0.385 e. The number of benzene rings is 1. The molecule has 0 atom stereocenters. The number of amides is 1. The SMILES string of the molecule is CCCNc1ccc([N+](=O)[O-])c(C(=O)NCC(C)(C)C)c1. The van der Waals surface area contributed by atoms with E-state index in [-0.39, 0.29) is 16.7 Å². The molecule has 0 heterocycles. The molecule has 1 amide bonds. The molecule has 1 aromatic carbocycles. The summed E-state index contributed by atoms with van der Waals surface area (Å²) in [6.45, 7) is 9.19. The average Bonchev–Trinajstić information content (AvgIpc) is 2.41. The summed E-state index contributed by atoms with van der Waals surface area (Å²) in [6.07, 6.45) is 0.933. The van der Waals surface area contributed by atoms with Gasteiger partial charge >= 0.3 is 0 Å². The minimum absolute atomic E-state index is 0.0808. The van der Waals surface area contributed by atoms with Crippen LogP contribution in [-0.4, -0.2) is 23.9 Å². The number of nitrogens with zero attached hydrogens (tertiary/aromatic N) is 1. The number of nitro benzene ring substituents is 1. The number of carbonyl (C=O) groups is 1. The Balaban J connectivity index is 2.99. The topological polar surface area (TPSA) is 84.3 Å². The number of rotatable bonds is 6. The highest BCUT2D eigenvalue weighted by molar-refractivity contribution is 5.99. The van der Waals surface area contributed by atoms with Crippen molar-refractivity contribution in [1.82, 2.24) is 5.32 Å². The minimum atomic E-state index is -0.532. The van der Waals surface area contributed by atoms with Gasteiger partial charge in [-0.15, -0.1) is 0 Å². The van der Waals surface area contributed by atoms with E-state index < -0.39 is 10.8 Å². The summed E-state index contributed by atoms with van der Waals surface area (Å²) >= 11 is 0. The third-order valence-corrected chi connectivity index (χ3v) is 2.80. The Kier molecular flexibility index (Phi) is 5.69. The molecule has 0 bridgehead atoms. The Bertz CT molecular complexity index is 521. The number of hydrogen-bond acceptors (Lipinski definition) is 4. The van der Waals surface area contributed by atoms with Crippen LogP contribution in [0, 0.1) is 15.5 Å². The molecule has 0 radical (unpaired) electrons. The molecule has 2 N–H and O–H groups in total. The van der Waals surface area contributed by atoms with E-state index in [9.17, 15) is 14.9 Å². The second-order valence-electron chi connectivity index (χ2n) is 6.16. The molecular weight excluding hydrogens is 270 g/mol. The van der Waals surface area contributed by atoms with Gasteiger partial charge in [-0.25, -0.2) is 0 Å². The van der Waals surface area contributed by atoms with Crippen molar-refractivity contribution in [3.8, 4) is 0 Å². The fraction of sp³-hybridized carbons (Fsp3) is 0.533. The van der Waals surface area contributed by atoms with E-state index in [0.717, 1.165) is 13.0 Å². The molecule has 0 spiro atoms. The Morgan fingerprint density at radius 1 is 1.33 bits per heavy atom. The third kappa shape index (κ3) is 5.41. The summed E-state index contributed by atoms with van der Waals surface area (Å²) in [6, 6.07) is 4.52. The predicted octanol–water partition coefficient (Wildman–Crippen LogP) is 3.19. The van der Waals surface area contributed by atoms with E-state index in [2.05, 4.69) is 10.6 Å². The summed E-state index contributed by atoms with van der Waals surface area (Å²) in [5.41, 5.74) is 0.542. The van der Waals surface area contributed by atoms with Crippen LogP contribution in [0.5, 0.6) is 0 Å². The lowest BCUT2D eigenvalue weighted by Crippen LogP contribution is -2.32. The van der Waals surface area contributed by atoms with Gasteiger partial charge in [0.2, 0.25) is 0 Å². The van der Waals surface area contributed by atoms with Crippen LogP contribution in [-0.2, 0) is 0 Å². The van der Waals surface area contributed by atoms with Gasteiger partial charge in [0.25, 0.3) is 11.6 Å². The van der Waals surface area contributed by atoms with Crippen LogP contribution in [0.2, 0.25) is 0 Å². The van der Waals surface area contributed by atoms with Crippen molar-refractivity contribution >= 4 is 17.3 Å². The fourth-order valence-electron chi connectivity index (χ4n) is 1.70. The summed E-state index contributed by atoms with van der Waals surface area (Å²) in [5, 5.41) is 16.9. The zero-order valence-corrected chi connectivity index (χ0v) is 13.0. The molecule has 0 aliphatic carbocycles. The number of anilines is 1. The van der Waals surface area contributed by atoms with Crippen LogP contribution in [0.3, 0.4) is 0 Å². The van der Waals surface area contributed by atoms with Crippen molar-refractivity contribution in [3.05, 3.63) is 33.9 Å². The van der Waals surface area contributed by atoms with Crippen molar-refractivity contribution < 1.29 is 9.72 Å². The Hall–Kier alpha value is -2.11. The van der Waals surface area contributed by atoms with Gasteiger partial charge in [0.1, 0.15) is 5.56 Å². The maximum Gasteiger partial charge on any atom is 0.282 e. The Morgan fingerprint density at radius 3 is 2.52 bits per heavy atom. The van der Waals surface area contributed by atoms with Crippen LogP contribution in [0.15, 0.2) is 18.2 Å². The van der Waals surface area contributed by atoms with Crippen LogP contribution >= 0.6 is 0 Å². The van der Waals surface area contributed by atoms with Crippen molar-refractivity contribution in [3.63, 3.8) is 0 Å². The average molecular weight is 293 g/mol. The molecule has 1 aromatic rings. The van der Waals surface area contributed by atoms with Crippen LogP contribution in [0.4, 0.5) is 11.4 Å². The molecule has 0 aromatic heterocycles. The second kappa shape index (κ2) is 7.06. The smallest absolute Gasteiger partial charge is 0.282 e. The number of nitrogens with one attached hydrogen (secondary N) is 2. The van der Waals surface area contributed by atoms with E-state index >= 15 is 0 Å². The standard InChI is InChI=1S/C15H23N3O3/c1-5-8-16-11-6-7-13(18(20)21)12(9-11)14(19)17-10-15(2,3)4/h6-7,9,16H,5,8,10H2,1-4H3,(H,17,19).